The number of aliphatic hydroxyl groups is 1. The van der Waals surface area contributed by atoms with Gasteiger partial charge in [0, 0.05) is 48.4 Å². The SMILES string of the molecule is OC1CNCCN1c1nc(-c2cnc3[nH]cc(C4CC4)c3c2Cl)cs1. The van der Waals surface area contributed by atoms with Crippen LogP contribution in [0, 0.1) is 0 Å². The first-order chi connectivity index (χ1) is 12.2. The van der Waals surface area contributed by atoms with Gasteiger partial charge in [-0.05, 0) is 24.3 Å². The van der Waals surface area contributed by atoms with Gasteiger partial charge in [-0.3, -0.25) is 0 Å². The second-order valence-electron chi connectivity index (χ2n) is 6.62. The molecule has 8 heteroatoms. The summed E-state index contributed by atoms with van der Waals surface area (Å²) in [6.45, 7) is 2.13. The van der Waals surface area contributed by atoms with Gasteiger partial charge in [0.15, 0.2) is 5.13 Å². The molecule has 25 heavy (non-hydrogen) atoms. The lowest BCUT2D eigenvalue weighted by Crippen LogP contribution is -2.51. The highest BCUT2D eigenvalue weighted by Crippen LogP contribution is 2.46. The lowest BCUT2D eigenvalue weighted by atomic mass is 10.1. The topological polar surface area (TPSA) is 77.1 Å². The van der Waals surface area contributed by atoms with Crippen LogP contribution in [0.25, 0.3) is 22.3 Å². The molecule has 6 nitrogen and oxygen atoms in total. The highest BCUT2D eigenvalue weighted by Gasteiger charge is 2.29. The number of fused-ring (bicyclic) bond motifs is 1. The monoisotopic (exact) mass is 375 g/mol. The van der Waals surface area contributed by atoms with Crippen LogP contribution in [0.2, 0.25) is 5.02 Å². The van der Waals surface area contributed by atoms with Crippen LogP contribution >= 0.6 is 22.9 Å². The van der Waals surface area contributed by atoms with E-state index in [9.17, 15) is 5.11 Å². The molecule has 0 aromatic carbocycles. The van der Waals surface area contributed by atoms with Gasteiger partial charge in [-0.1, -0.05) is 11.6 Å². The van der Waals surface area contributed by atoms with Gasteiger partial charge in [0.1, 0.15) is 11.9 Å². The molecule has 0 radical (unpaired) electrons. The van der Waals surface area contributed by atoms with Crippen molar-refractivity contribution in [2.45, 2.75) is 25.0 Å². The maximum absolute atomic E-state index is 10.2. The molecular weight excluding hydrogens is 358 g/mol. The third kappa shape index (κ3) is 2.62. The number of hydrogen-bond donors (Lipinski definition) is 3. The molecule has 2 fully saturated rings. The predicted molar refractivity (Wildman–Crippen MR) is 100 cm³/mol. The second-order valence-corrected chi connectivity index (χ2v) is 7.84. The Morgan fingerprint density at radius 1 is 1.36 bits per heavy atom. The minimum absolute atomic E-state index is 0.546. The largest absolute Gasteiger partial charge is 0.372 e. The number of hydrogen-bond acceptors (Lipinski definition) is 6. The van der Waals surface area contributed by atoms with Crippen LogP contribution in [-0.4, -0.2) is 45.9 Å². The van der Waals surface area contributed by atoms with Crippen LogP contribution < -0.4 is 10.2 Å². The molecule has 0 amide bonds. The van der Waals surface area contributed by atoms with Crippen molar-refractivity contribution in [2.75, 3.05) is 24.5 Å². The number of thiazole rings is 1. The Balaban J connectivity index is 1.55. The van der Waals surface area contributed by atoms with E-state index in [1.807, 2.05) is 16.5 Å². The lowest BCUT2D eigenvalue weighted by molar-refractivity contribution is 0.151. The molecule has 1 saturated heterocycles. The Hall–Kier alpha value is -1.67. The zero-order valence-electron chi connectivity index (χ0n) is 13.5. The fourth-order valence-corrected chi connectivity index (χ4v) is 4.65. The molecular formula is C17H18ClN5OS. The van der Waals surface area contributed by atoms with Crippen molar-refractivity contribution in [1.82, 2.24) is 20.3 Å². The van der Waals surface area contributed by atoms with E-state index >= 15 is 0 Å². The van der Waals surface area contributed by atoms with Crippen molar-refractivity contribution in [1.29, 1.82) is 0 Å². The van der Waals surface area contributed by atoms with Gasteiger partial charge in [0.25, 0.3) is 0 Å². The van der Waals surface area contributed by atoms with Crippen LogP contribution in [0.15, 0.2) is 17.8 Å². The summed E-state index contributed by atoms with van der Waals surface area (Å²) in [6.07, 6.45) is 5.71. The molecule has 3 aromatic rings. The van der Waals surface area contributed by atoms with E-state index in [0.717, 1.165) is 40.5 Å². The number of nitrogens with one attached hydrogen (secondary N) is 2. The Bertz CT molecular complexity index is 934. The van der Waals surface area contributed by atoms with Crippen molar-refractivity contribution in [2.24, 2.45) is 0 Å². The molecule has 5 rings (SSSR count). The summed E-state index contributed by atoms with van der Waals surface area (Å²) in [7, 11) is 0. The molecule has 130 valence electrons. The summed E-state index contributed by atoms with van der Waals surface area (Å²) in [5.41, 5.74) is 3.77. The summed E-state index contributed by atoms with van der Waals surface area (Å²) in [5, 5.41) is 17.9. The highest BCUT2D eigenvalue weighted by molar-refractivity contribution is 7.14. The Morgan fingerprint density at radius 2 is 2.24 bits per heavy atom. The van der Waals surface area contributed by atoms with Gasteiger partial charge in [-0.25, -0.2) is 9.97 Å². The Morgan fingerprint density at radius 3 is 3.04 bits per heavy atom. The van der Waals surface area contributed by atoms with E-state index in [2.05, 4.69) is 15.3 Å². The number of β-amino-alcohol motifs (C(OH)–C–C–N with tert-alkyl or cyclic N) is 1. The third-order valence-electron chi connectivity index (χ3n) is 4.92. The van der Waals surface area contributed by atoms with Crippen LogP contribution in [0.5, 0.6) is 0 Å². The summed E-state index contributed by atoms with van der Waals surface area (Å²) >= 11 is 8.28. The van der Waals surface area contributed by atoms with Crippen molar-refractivity contribution in [3.05, 3.63) is 28.4 Å². The van der Waals surface area contributed by atoms with Crippen LogP contribution in [-0.2, 0) is 0 Å². The fourth-order valence-electron chi connectivity index (χ4n) is 3.41. The van der Waals surface area contributed by atoms with E-state index in [0.29, 0.717) is 17.5 Å². The van der Waals surface area contributed by atoms with Crippen LogP contribution in [0.1, 0.15) is 24.3 Å². The molecule has 3 N–H and O–H groups in total. The average Bonchev–Trinajstić information content (AvgIpc) is 3.18. The maximum atomic E-state index is 10.2. The van der Waals surface area contributed by atoms with Crippen LogP contribution in [0.3, 0.4) is 0 Å². The molecule has 1 aliphatic carbocycles. The van der Waals surface area contributed by atoms with Gasteiger partial charge in [-0.15, -0.1) is 11.3 Å². The number of aliphatic hydroxyl groups excluding tert-OH is 1. The van der Waals surface area contributed by atoms with Gasteiger partial charge in [-0.2, -0.15) is 0 Å². The number of aromatic amines is 1. The number of anilines is 1. The van der Waals surface area contributed by atoms with E-state index in [1.54, 1.807) is 6.20 Å². The molecule has 3 aromatic heterocycles. The van der Waals surface area contributed by atoms with Crippen LogP contribution in [0.4, 0.5) is 5.13 Å². The van der Waals surface area contributed by atoms with Gasteiger partial charge < -0.3 is 20.3 Å². The first-order valence-electron chi connectivity index (χ1n) is 8.49. The zero-order chi connectivity index (χ0) is 17.0. The van der Waals surface area contributed by atoms with E-state index in [4.69, 9.17) is 16.6 Å². The number of aromatic nitrogens is 3. The molecule has 1 aliphatic heterocycles. The predicted octanol–water partition coefficient (Wildman–Crippen LogP) is 2.95. The number of rotatable bonds is 3. The smallest absolute Gasteiger partial charge is 0.187 e. The first-order valence-corrected chi connectivity index (χ1v) is 9.75. The molecule has 0 spiro atoms. The first kappa shape index (κ1) is 15.6. The highest BCUT2D eigenvalue weighted by atomic mass is 35.5. The molecule has 0 bridgehead atoms. The number of piperazine rings is 1. The van der Waals surface area contributed by atoms with Gasteiger partial charge in [0.05, 0.1) is 10.7 Å². The summed E-state index contributed by atoms with van der Waals surface area (Å²) in [4.78, 5) is 14.4. The van der Waals surface area contributed by atoms with Crippen molar-refractivity contribution in [3.63, 3.8) is 0 Å². The molecule has 4 heterocycles. The fraction of sp³-hybridized carbons (Fsp3) is 0.412. The minimum atomic E-state index is -0.546. The van der Waals surface area contributed by atoms with Gasteiger partial charge >= 0.3 is 0 Å². The Labute approximate surface area is 153 Å². The summed E-state index contributed by atoms with van der Waals surface area (Å²) in [5.74, 6) is 0.602. The summed E-state index contributed by atoms with van der Waals surface area (Å²) < 4.78 is 0. The van der Waals surface area contributed by atoms with E-state index in [-0.39, 0.29) is 0 Å². The molecule has 1 atom stereocenters. The second kappa shape index (κ2) is 5.95. The number of H-pyrrole nitrogens is 1. The standard InChI is InChI=1S/C17H18ClN5OS/c18-15-11(6-21-16-14(15)10(5-20-16)9-1-2-9)12-8-25-17(22-12)23-4-3-19-7-13(23)24/h5-6,8-9,13,19,24H,1-4,7H2,(H,20,21). The van der Waals surface area contributed by atoms with Crippen molar-refractivity contribution < 1.29 is 5.11 Å². The number of nitrogens with zero attached hydrogens (tertiary/aromatic N) is 3. The summed E-state index contributed by atoms with van der Waals surface area (Å²) in [6, 6.07) is 0. The minimum Gasteiger partial charge on any atom is -0.372 e. The van der Waals surface area contributed by atoms with Gasteiger partial charge in [0.2, 0.25) is 0 Å². The molecule has 1 saturated carbocycles. The lowest BCUT2D eigenvalue weighted by Gasteiger charge is -2.32. The van der Waals surface area contributed by atoms with E-state index < -0.39 is 6.23 Å². The maximum Gasteiger partial charge on any atom is 0.187 e. The average molecular weight is 376 g/mol. The van der Waals surface area contributed by atoms with E-state index in [1.165, 1.54) is 29.7 Å². The zero-order valence-corrected chi connectivity index (χ0v) is 15.1. The Kier molecular flexibility index (Phi) is 3.71. The van der Waals surface area contributed by atoms with Crippen molar-refractivity contribution in [3.8, 4) is 11.3 Å². The molecule has 1 unspecified atom stereocenters. The normalized spacial score (nSPS) is 21.2. The number of pyridine rings is 1. The quantitative estimate of drug-likeness (QED) is 0.656. The molecule has 2 aliphatic rings. The van der Waals surface area contributed by atoms with Crippen molar-refractivity contribution >= 4 is 39.1 Å². The third-order valence-corrected chi connectivity index (χ3v) is 6.19. The number of halogens is 1.